The topological polar surface area (TPSA) is 209 Å². The van der Waals surface area contributed by atoms with Crippen molar-refractivity contribution in [1.82, 2.24) is 0 Å². The predicted molar refractivity (Wildman–Crippen MR) is 165 cm³/mol. The first-order valence-electron chi connectivity index (χ1n) is 16.1. The molecule has 1 aromatic rings. The lowest BCUT2D eigenvalue weighted by atomic mass is 9.44. The van der Waals surface area contributed by atoms with Crippen molar-refractivity contribution in [2.45, 2.75) is 109 Å². The summed E-state index contributed by atoms with van der Waals surface area (Å²) in [6.45, 7) is 8.02. The molecule has 1 aromatic carbocycles. The highest BCUT2D eigenvalue weighted by Crippen LogP contribution is 2.64. The number of fused-ring (bicyclic) bond motifs is 5. The van der Waals surface area contributed by atoms with Crippen LogP contribution in [0.5, 0.6) is 0 Å². The van der Waals surface area contributed by atoms with Crippen LogP contribution in [0, 0.1) is 16.7 Å². The van der Waals surface area contributed by atoms with Gasteiger partial charge in [0.25, 0.3) is 0 Å². The number of carboxylic acids is 1. The number of ketones is 1. The fraction of sp³-hybridized carbons (Fsp3) is 0.600. The van der Waals surface area contributed by atoms with Gasteiger partial charge in [0, 0.05) is 32.1 Å². The van der Waals surface area contributed by atoms with Crippen LogP contribution in [0.1, 0.15) is 77.6 Å². The molecule has 2 saturated carbocycles. The Morgan fingerprint density at radius 2 is 1.61 bits per heavy atom. The van der Waals surface area contributed by atoms with E-state index < -0.39 is 113 Å². The van der Waals surface area contributed by atoms with E-state index in [9.17, 15) is 39.3 Å². The molecule has 3 aliphatic carbocycles. The number of hydrogen-bond acceptors (Lipinski definition) is 13. The van der Waals surface area contributed by atoms with Gasteiger partial charge in [-0.1, -0.05) is 32.0 Å². The number of ether oxygens (including phenoxy) is 5. The number of carboxylic acid groups (broad SMARTS) is 1. The summed E-state index contributed by atoms with van der Waals surface area (Å²) >= 11 is 0. The van der Waals surface area contributed by atoms with Crippen molar-refractivity contribution < 1.29 is 67.8 Å². The molecule has 1 aliphatic heterocycles. The van der Waals surface area contributed by atoms with E-state index in [2.05, 4.69) is 0 Å². The normalized spacial score (nSPS) is 36.0. The molecule has 49 heavy (non-hydrogen) atoms. The molecule has 4 aliphatic rings. The van der Waals surface area contributed by atoms with Crippen molar-refractivity contribution in [3.05, 3.63) is 47.0 Å². The Bertz CT molecular complexity index is 1600. The summed E-state index contributed by atoms with van der Waals surface area (Å²) in [6, 6.07) is 7.85. The molecule has 2 bridgehead atoms. The maximum Gasteiger partial charge on any atom is 0.338 e. The molecular formula is C35H42O14. The van der Waals surface area contributed by atoms with E-state index in [4.69, 9.17) is 23.7 Å². The minimum absolute atomic E-state index is 0.0684. The summed E-state index contributed by atoms with van der Waals surface area (Å²) in [5.74, 6) is -7.13. The predicted octanol–water partition coefficient (Wildman–Crippen LogP) is 2.07. The molecule has 3 N–H and O–H groups in total. The Labute approximate surface area is 282 Å². The lowest BCUT2D eigenvalue weighted by Gasteiger charge is -2.67. The third kappa shape index (κ3) is 5.73. The van der Waals surface area contributed by atoms with E-state index in [1.807, 2.05) is 0 Å². The largest absolute Gasteiger partial charge is 0.481 e. The molecule has 0 spiro atoms. The van der Waals surface area contributed by atoms with Crippen molar-refractivity contribution >= 4 is 35.6 Å². The summed E-state index contributed by atoms with van der Waals surface area (Å²) in [6.07, 6.45) is -9.11. The second kappa shape index (κ2) is 12.6. The molecule has 0 aromatic heterocycles. The van der Waals surface area contributed by atoms with Crippen LogP contribution < -0.4 is 0 Å². The molecule has 0 amide bonds. The van der Waals surface area contributed by atoms with Crippen LogP contribution >= 0.6 is 0 Å². The highest BCUT2D eigenvalue weighted by atomic mass is 16.6. The Morgan fingerprint density at radius 3 is 2.16 bits per heavy atom. The van der Waals surface area contributed by atoms with Gasteiger partial charge in [-0.3, -0.25) is 24.0 Å². The van der Waals surface area contributed by atoms with Gasteiger partial charge in [-0.2, -0.15) is 0 Å². The number of carbonyl (C=O) groups excluding carboxylic acids is 5. The van der Waals surface area contributed by atoms with Gasteiger partial charge < -0.3 is 39.0 Å². The highest BCUT2D eigenvalue weighted by Gasteiger charge is 2.79. The van der Waals surface area contributed by atoms with Crippen LogP contribution in [0.4, 0.5) is 0 Å². The van der Waals surface area contributed by atoms with E-state index in [1.54, 1.807) is 32.0 Å². The number of aliphatic hydroxyl groups excluding tert-OH is 1. The highest BCUT2D eigenvalue weighted by molar-refractivity contribution is 5.96. The van der Waals surface area contributed by atoms with Gasteiger partial charge in [-0.15, -0.1) is 0 Å². The van der Waals surface area contributed by atoms with Gasteiger partial charge in [-0.05, 0) is 37.1 Å². The first-order valence-corrected chi connectivity index (χ1v) is 16.1. The van der Waals surface area contributed by atoms with Crippen LogP contribution in [0.2, 0.25) is 0 Å². The standard InChI is InChI=1S/C35H42O14/c1-17-21(38)15-35(44)30(48-31(43)20-10-8-7-9-11-20)28-33(6,29(42)27(46-18(2)36)26(17)32(35,4)5)22(47-25(41)13-12-24(39)40)14-23-34(28,16-45-23)49-19(3)37/h7-11,21-23,27-28,30,38,44H,12-16H2,1-6H3,(H,39,40)/t21-,22-,23+,27+,28-,30-,33+,34-,35+/m0/s1. The molecule has 1 saturated heterocycles. The number of Topliss-reactive ketones (excluding diaryl/α,β-unsaturated/α-hetero) is 1. The number of rotatable bonds is 8. The molecule has 0 unspecified atom stereocenters. The molecule has 9 atom stereocenters. The minimum atomic E-state index is -2.24. The molecule has 0 radical (unpaired) electrons. The minimum Gasteiger partial charge on any atom is -0.481 e. The third-order valence-electron chi connectivity index (χ3n) is 11.0. The summed E-state index contributed by atoms with van der Waals surface area (Å²) in [7, 11) is 0. The first kappa shape index (κ1) is 36.1. The van der Waals surface area contributed by atoms with Crippen LogP contribution in [0.3, 0.4) is 0 Å². The van der Waals surface area contributed by atoms with E-state index in [0.717, 1.165) is 13.8 Å². The second-order valence-corrected chi connectivity index (χ2v) is 14.1. The van der Waals surface area contributed by atoms with Crippen LogP contribution in [0.15, 0.2) is 41.5 Å². The zero-order valence-electron chi connectivity index (χ0n) is 28.2. The SMILES string of the molecule is CC(=O)O[C@H]1C(=O)[C@]2(C)[C@@H](OC(=O)CCC(=O)O)C[C@H]3OC[C@@]3(OC(C)=O)[C@H]2[C@H](OC(=O)c2ccccc2)[C@]2(O)C[C@H](O)C(C)=C1C2(C)C. The van der Waals surface area contributed by atoms with Gasteiger partial charge in [0.15, 0.2) is 17.5 Å². The Hall–Kier alpha value is -4.14. The molecule has 1 heterocycles. The van der Waals surface area contributed by atoms with Crippen molar-refractivity contribution in [2.75, 3.05) is 6.61 Å². The van der Waals surface area contributed by atoms with Gasteiger partial charge >= 0.3 is 29.8 Å². The number of benzene rings is 1. The number of aliphatic hydroxyl groups is 2. The maximum atomic E-state index is 15.3. The Morgan fingerprint density at radius 1 is 0.959 bits per heavy atom. The molecule has 3 fully saturated rings. The monoisotopic (exact) mass is 686 g/mol. The Balaban J connectivity index is 1.83. The molecule has 5 rings (SSSR count). The first-order chi connectivity index (χ1) is 22.8. The van der Waals surface area contributed by atoms with Gasteiger partial charge in [0.05, 0.1) is 42.4 Å². The van der Waals surface area contributed by atoms with Crippen molar-refractivity contribution in [3.8, 4) is 0 Å². The smallest absolute Gasteiger partial charge is 0.338 e. The van der Waals surface area contributed by atoms with E-state index in [-0.39, 0.29) is 29.7 Å². The second-order valence-electron chi connectivity index (χ2n) is 14.1. The van der Waals surface area contributed by atoms with Gasteiger partial charge in [-0.25, -0.2) is 4.79 Å². The zero-order valence-corrected chi connectivity index (χ0v) is 28.2. The van der Waals surface area contributed by atoms with Crippen LogP contribution in [0.25, 0.3) is 0 Å². The van der Waals surface area contributed by atoms with E-state index in [0.29, 0.717) is 0 Å². The van der Waals surface area contributed by atoms with Crippen LogP contribution in [-0.2, 0) is 47.7 Å². The van der Waals surface area contributed by atoms with Crippen molar-refractivity contribution in [1.29, 1.82) is 0 Å². The lowest BCUT2D eigenvalue weighted by molar-refractivity contribution is -0.346. The molecule has 14 heteroatoms. The zero-order chi connectivity index (χ0) is 36.3. The van der Waals surface area contributed by atoms with E-state index in [1.165, 1.54) is 26.0 Å². The number of hydrogen-bond donors (Lipinski definition) is 3. The van der Waals surface area contributed by atoms with Crippen molar-refractivity contribution in [3.63, 3.8) is 0 Å². The summed E-state index contributed by atoms with van der Waals surface area (Å²) in [5.41, 5.74) is -7.16. The quantitative estimate of drug-likeness (QED) is 0.203. The summed E-state index contributed by atoms with van der Waals surface area (Å²) < 4.78 is 29.7. The molecular weight excluding hydrogens is 644 g/mol. The summed E-state index contributed by atoms with van der Waals surface area (Å²) in [5, 5.41) is 33.7. The molecule has 14 nitrogen and oxygen atoms in total. The van der Waals surface area contributed by atoms with Crippen molar-refractivity contribution in [2.24, 2.45) is 16.7 Å². The van der Waals surface area contributed by atoms with E-state index >= 15 is 4.79 Å². The number of aliphatic carboxylic acids is 1. The fourth-order valence-corrected chi connectivity index (χ4v) is 8.48. The fourth-order valence-electron chi connectivity index (χ4n) is 8.48. The summed E-state index contributed by atoms with van der Waals surface area (Å²) in [4.78, 5) is 79.1. The lowest BCUT2D eigenvalue weighted by Crippen LogP contribution is -2.82. The maximum absolute atomic E-state index is 15.3. The third-order valence-corrected chi connectivity index (χ3v) is 11.0. The number of esters is 4. The van der Waals surface area contributed by atoms with Gasteiger partial charge in [0.1, 0.15) is 23.9 Å². The average molecular weight is 687 g/mol. The van der Waals surface area contributed by atoms with Crippen LogP contribution in [-0.4, -0.2) is 99.3 Å². The van der Waals surface area contributed by atoms with Gasteiger partial charge in [0.2, 0.25) is 0 Å². The number of carbonyl (C=O) groups is 6. The Kier molecular flexibility index (Phi) is 9.32. The average Bonchev–Trinajstić information content (AvgIpc) is 3.01. The molecule has 266 valence electrons.